The van der Waals surface area contributed by atoms with Crippen LogP contribution in [0.5, 0.6) is 23.0 Å². The predicted octanol–water partition coefficient (Wildman–Crippen LogP) is 9.28. The summed E-state index contributed by atoms with van der Waals surface area (Å²) < 4.78 is 27.2. The van der Waals surface area contributed by atoms with Crippen molar-refractivity contribution in [1.29, 1.82) is 0 Å². The second-order valence-corrected chi connectivity index (χ2v) is 12.3. The van der Waals surface area contributed by atoms with Gasteiger partial charge in [0.2, 0.25) is 0 Å². The van der Waals surface area contributed by atoms with Crippen molar-refractivity contribution in [1.82, 2.24) is 0 Å². The van der Waals surface area contributed by atoms with Crippen molar-refractivity contribution in [3.63, 3.8) is 0 Å². The number of halogens is 4. The fourth-order valence-corrected chi connectivity index (χ4v) is 4.32. The van der Waals surface area contributed by atoms with E-state index in [0.29, 0.717) is 26.4 Å². The van der Waals surface area contributed by atoms with E-state index in [2.05, 4.69) is 139 Å². The maximum absolute atomic E-state index is 5.85. The molecule has 8 heteroatoms. The van der Waals surface area contributed by atoms with E-state index in [1.165, 1.54) is 0 Å². The van der Waals surface area contributed by atoms with Crippen molar-refractivity contribution in [2.75, 3.05) is 44.1 Å². The van der Waals surface area contributed by atoms with Crippen molar-refractivity contribution < 1.29 is 18.9 Å². The van der Waals surface area contributed by atoms with Crippen molar-refractivity contribution in [2.24, 2.45) is 0 Å². The lowest BCUT2D eigenvalue weighted by Gasteiger charge is -2.10. The monoisotopic (exact) mass is 962 g/mol. The minimum Gasteiger partial charge on any atom is -0.493 e. The molecule has 0 atom stereocenters. The molecule has 0 aromatic heterocycles. The molecule has 0 spiro atoms. The molecule has 0 aliphatic rings. The molecule has 0 saturated heterocycles. The molecule has 0 saturated carbocycles. The minimum atomic E-state index is 0.678. The first-order valence-corrected chi connectivity index (χ1v) is 18.2. The Morgan fingerprint density at radius 3 is 0.921 bits per heavy atom. The molecule has 0 fully saturated rings. The van der Waals surface area contributed by atoms with Crippen LogP contribution in [0.25, 0.3) is 24.3 Å². The molecular formula is C30H30I4O4. The number of ether oxygens (including phenoxy) is 4. The molecule has 202 valence electrons. The van der Waals surface area contributed by atoms with Crippen LogP contribution in [-0.2, 0) is 0 Å². The summed E-state index contributed by atoms with van der Waals surface area (Å²) in [6.07, 6.45) is 8.41. The first kappa shape index (κ1) is 31.8. The number of alkyl halides is 4. The first-order chi connectivity index (χ1) is 18.6. The van der Waals surface area contributed by atoms with Gasteiger partial charge in [-0.1, -0.05) is 139 Å². The van der Waals surface area contributed by atoms with Crippen LogP contribution < -0.4 is 18.9 Å². The van der Waals surface area contributed by atoms with Crippen LogP contribution in [0.15, 0.2) is 60.7 Å². The molecule has 3 aromatic rings. The van der Waals surface area contributed by atoms with Crippen LogP contribution in [0.2, 0.25) is 0 Å². The van der Waals surface area contributed by atoms with Crippen molar-refractivity contribution in [3.05, 3.63) is 82.9 Å². The van der Waals surface area contributed by atoms with Gasteiger partial charge in [-0.3, -0.25) is 0 Å². The van der Waals surface area contributed by atoms with Crippen LogP contribution in [0.1, 0.15) is 22.3 Å². The predicted molar refractivity (Wildman–Crippen MR) is 195 cm³/mol. The molecule has 3 rings (SSSR count). The third-order valence-electron chi connectivity index (χ3n) is 5.06. The van der Waals surface area contributed by atoms with E-state index in [1.54, 1.807) is 0 Å². The molecule has 3 aromatic carbocycles. The van der Waals surface area contributed by atoms with E-state index in [1.807, 2.05) is 36.4 Å². The lowest BCUT2D eigenvalue weighted by Crippen LogP contribution is -2.01. The summed E-state index contributed by atoms with van der Waals surface area (Å²) in [4.78, 5) is 0. The summed E-state index contributed by atoms with van der Waals surface area (Å²) in [6, 6.07) is 20.6. The normalized spacial score (nSPS) is 11.3. The number of rotatable bonds is 16. The highest BCUT2D eigenvalue weighted by Crippen LogP contribution is 2.26. The zero-order valence-corrected chi connectivity index (χ0v) is 29.5. The van der Waals surface area contributed by atoms with Crippen molar-refractivity contribution in [2.45, 2.75) is 0 Å². The fraction of sp³-hybridized carbons (Fsp3) is 0.267. The molecule has 4 nitrogen and oxygen atoms in total. The molecule has 0 radical (unpaired) electrons. The lowest BCUT2D eigenvalue weighted by molar-refractivity contribution is 0.328. The van der Waals surface area contributed by atoms with Gasteiger partial charge in [-0.2, -0.15) is 0 Å². The topological polar surface area (TPSA) is 36.9 Å². The highest BCUT2D eigenvalue weighted by Gasteiger charge is 2.04. The fourth-order valence-electron chi connectivity index (χ4n) is 3.44. The van der Waals surface area contributed by atoms with E-state index in [9.17, 15) is 0 Å². The lowest BCUT2D eigenvalue weighted by atomic mass is 10.1. The Bertz CT molecular complexity index is 1030. The summed E-state index contributed by atoms with van der Waals surface area (Å²) in [7, 11) is 0. The molecule has 0 aliphatic carbocycles. The summed E-state index contributed by atoms with van der Waals surface area (Å²) in [5.41, 5.74) is 4.35. The van der Waals surface area contributed by atoms with E-state index < -0.39 is 0 Å². The summed E-state index contributed by atoms with van der Waals surface area (Å²) >= 11 is 9.26. The number of hydrogen-bond donors (Lipinski definition) is 0. The minimum absolute atomic E-state index is 0.678. The molecule has 0 unspecified atom stereocenters. The van der Waals surface area contributed by atoms with Gasteiger partial charge in [0.25, 0.3) is 0 Å². The van der Waals surface area contributed by atoms with Gasteiger partial charge in [0.05, 0.1) is 26.4 Å². The van der Waals surface area contributed by atoms with Crippen LogP contribution >= 0.6 is 90.4 Å². The second kappa shape index (κ2) is 18.6. The highest BCUT2D eigenvalue weighted by molar-refractivity contribution is 14.1. The largest absolute Gasteiger partial charge is 0.493 e. The van der Waals surface area contributed by atoms with Gasteiger partial charge in [0.1, 0.15) is 23.0 Å². The van der Waals surface area contributed by atoms with E-state index in [4.69, 9.17) is 18.9 Å². The molecule has 0 bridgehead atoms. The van der Waals surface area contributed by atoms with Crippen molar-refractivity contribution >= 4 is 115 Å². The van der Waals surface area contributed by atoms with Gasteiger partial charge >= 0.3 is 0 Å². The highest BCUT2D eigenvalue weighted by atomic mass is 127. The van der Waals surface area contributed by atoms with E-state index in [0.717, 1.165) is 63.0 Å². The zero-order valence-electron chi connectivity index (χ0n) is 20.9. The zero-order chi connectivity index (χ0) is 27.0. The first-order valence-electron chi connectivity index (χ1n) is 12.1. The Hall–Kier alpha value is -0.740. The van der Waals surface area contributed by atoms with Gasteiger partial charge in [-0.05, 0) is 46.5 Å². The third-order valence-corrected chi connectivity index (χ3v) is 6.82. The van der Waals surface area contributed by atoms with Gasteiger partial charge in [-0.15, -0.1) is 0 Å². The summed E-state index contributed by atoms with van der Waals surface area (Å²) in [5.74, 6) is 3.33. The Kier molecular flexibility index (Phi) is 15.5. The molecular weight excluding hydrogens is 932 g/mol. The van der Waals surface area contributed by atoms with Crippen LogP contribution in [0.3, 0.4) is 0 Å². The number of hydrogen-bond acceptors (Lipinski definition) is 4. The SMILES string of the molecule is ICCOc1cc(/C=C/c2ccc(/C=C/c3cc(OCCI)cc(OCCI)c3)cc2)cc(OCCI)c1. The summed E-state index contributed by atoms with van der Waals surface area (Å²) in [5, 5.41) is 0. The van der Waals surface area contributed by atoms with Crippen LogP contribution in [0.4, 0.5) is 0 Å². The standard InChI is InChI=1S/C30H30I4O4/c31-9-13-35-27-17-25(18-28(21-27)36-14-10-32)7-5-23-1-2-24(4-3-23)6-8-26-19-29(37-15-11-33)22-30(20-26)38-16-12-34/h1-8,17-22H,9-16H2/b7-5+,8-6+. The Balaban J connectivity index is 1.71. The third kappa shape index (κ3) is 11.8. The summed E-state index contributed by atoms with van der Waals surface area (Å²) in [6.45, 7) is 2.71. The molecule has 0 N–H and O–H groups in total. The van der Waals surface area contributed by atoms with E-state index >= 15 is 0 Å². The molecule has 38 heavy (non-hydrogen) atoms. The van der Waals surface area contributed by atoms with Gasteiger partial charge in [0, 0.05) is 29.8 Å². The molecule has 0 amide bonds. The van der Waals surface area contributed by atoms with Gasteiger partial charge in [-0.25, -0.2) is 0 Å². The molecule has 0 heterocycles. The Labute approximate surface area is 280 Å². The van der Waals surface area contributed by atoms with E-state index in [-0.39, 0.29) is 0 Å². The number of benzene rings is 3. The maximum Gasteiger partial charge on any atom is 0.123 e. The Morgan fingerprint density at radius 2 is 0.658 bits per heavy atom. The quantitative estimate of drug-likeness (QED) is 0.0816. The van der Waals surface area contributed by atoms with Gasteiger partial charge in [0.15, 0.2) is 0 Å². The average molecular weight is 962 g/mol. The average Bonchev–Trinajstić information content (AvgIpc) is 2.95. The Morgan fingerprint density at radius 1 is 0.395 bits per heavy atom. The maximum atomic E-state index is 5.85. The molecule has 0 aliphatic heterocycles. The van der Waals surface area contributed by atoms with Crippen LogP contribution in [0, 0.1) is 0 Å². The van der Waals surface area contributed by atoms with Crippen molar-refractivity contribution in [3.8, 4) is 23.0 Å². The van der Waals surface area contributed by atoms with Crippen LogP contribution in [-0.4, -0.2) is 44.1 Å². The second-order valence-electron chi connectivity index (χ2n) is 7.96. The van der Waals surface area contributed by atoms with Gasteiger partial charge < -0.3 is 18.9 Å². The smallest absolute Gasteiger partial charge is 0.123 e.